The molecule has 0 bridgehead atoms. The number of nitrogens with one attached hydrogen (secondary N) is 2. The number of aldehydes is 1. The number of benzene rings is 6. The predicted molar refractivity (Wildman–Crippen MR) is 291 cm³/mol. The van der Waals surface area contributed by atoms with E-state index in [9.17, 15) is 31.0 Å². The lowest BCUT2D eigenvalue weighted by Crippen LogP contribution is -2.11. The number of rotatable bonds is 5. The molecule has 0 fully saturated rings. The Morgan fingerprint density at radius 1 is 0.569 bits per heavy atom. The van der Waals surface area contributed by atoms with Crippen LogP contribution in [0.25, 0.3) is 32.7 Å². The third kappa shape index (κ3) is 19.5. The van der Waals surface area contributed by atoms with Crippen molar-refractivity contribution in [2.24, 2.45) is 10.3 Å². The van der Waals surface area contributed by atoms with E-state index in [-0.39, 0.29) is 20.8 Å². The number of sulfonamides is 2. The SMILES string of the molecule is Clc1ncc2c(Cl)cccc2n1.NS(=O)(=O)c1ccc(Nc2ncc3c(Cl)cccc3n2)cc1.Nc1ccc(S(N)(=O)=O)cc1.Nc1cccc(Cl)c1C=O.O=P(Cl)(Cl)Cl.O=c1ncc2c(Cl)cccc2[nH]1. The number of aromatic amines is 1. The molecule has 0 unspecified atom stereocenters. The van der Waals surface area contributed by atoms with Gasteiger partial charge in [0.2, 0.25) is 31.3 Å². The Morgan fingerprint density at radius 2 is 1.01 bits per heavy atom. The molecule has 0 saturated heterocycles. The Kier molecular flexibility index (Phi) is 22.2. The van der Waals surface area contributed by atoms with Gasteiger partial charge in [-0.05, 0) is 142 Å². The lowest BCUT2D eigenvalue weighted by atomic mass is 10.2. The summed E-state index contributed by atoms with van der Waals surface area (Å²) >= 11 is 42.9. The normalized spacial score (nSPS) is 10.9. The van der Waals surface area contributed by atoms with Crippen LogP contribution in [0.1, 0.15) is 10.4 Å². The van der Waals surface area contributed by atoms with E-state index in [0.717, 1.165) is 21.7 Å². The van der Waals surface area contributed by atoms with Crippen molar-refractivity contribution in [3.8, 4) is 0 Å². The Labute approximate surface area is 449 Å². The average Bonchev–Trinajstić information content (AvgIpc) is 3.29. The molecule has 3 heterocycles. The molecule has 0 radical (unpaired) electrons. The fourth-order valence-electron chi connectivity index (χ4n) is 5.32. The van der Waals surface area contributed by atoms with Gasteiger partial charge >= 0.3 is 10.9 Å². The molecule has 18 nitrogen and oxygen atoms in total. The molecule has 6 aromatic carbocycles. The zero-order valence-electron chi connectivity index (χ0n) is 36.0. The predicted octanol–water partition coefficient (Wildman–Crippen LogP) is 11.6. The van der Waals surface area contributed by atoms with E-state index in [1.165, 1.54) is 42.6 Å². The van der Waals surface area contributed by atoms with Crippen molar-refractivity contribution in [1.82, 2.24) is 29.9 Å². The number of anilines is 4. The van der Waals surface area contributed by atoms with Crippen LogP contribution in [-0.4, -0.2) is 53.0 Å². The lowest BCUT2D eigenvalue weighted by Gasteiger charge is -2.07. The molecular weight excluding hydrogens is 1160 g/mol. The van der Waals surface area contributed by atoms with Gasteiger partial charge in [0, 0.05) is 51.8 Å². The van der Waals surface area contributed by atoms with E-state index in [2.05, 4.69) is 68.9 Å². The van der Waals surface area contributed by atoms with Gasteiger partial charge in [-0.3, -0.25) is 9.36 Å². The van der Waals surface area contributed by atoms with Gasteiger partial charge in [-0.25, -0.2) is 56.8 Å². The van der Waals surface area contributed by atoms with Gasteiger partial charge in [0.05, 0.1) is 52.0 Å². The summed E-state index contributed by atoms with van der Waals surface area (Å²) in [6.45, 7) is 0. The molecule has 3 aromatic heterocycles. The second kappa shape index (κ2) is 27.0. The van der Waals surface area contributed by atoms with Crippen molar-refractivity contribution in [3.05, 3.63) is 181 Å². The van der Waals surface area contributed by atoms with Gasteiger partial charge in [0.1, 0.15) is 0 Å². The van der Waals surface area contributed by atoms with E-state index < -0.39 is 25.2 Å². The highest BCUT2D eigenvalue weighted by molar-refractivity contribution is 8.24. The zero-order chi connectivity index (χ0) is 53.4. The second-order valence-corrected chi connectivity index (χ2v) is 25.4. The first-order valence-corrected chi connectivity index (χ1v) is 28.7. The number of nitrogens with two attached hydrogens (primary N) is 4. The maximum atomic E-state index is 11.2. The molecule has 376 valence electrons. The maximum absolute atomic E-state index is 11.2. The standard InChI is InChI=1S/C14H11ClN4O2S.C8H4Cl2N2.C8H5ClN2O.C7H6ClNO.C6H8N2O2S.Cl3OP/c15-12-2-1-3-13-11(12)8-17-14(19-13)18-9-4-6-10(7-5-9)22(16,20)21;9-6-2-1-3-7-5(6)4-11-8(10)12-7;9-6-2-1-3-7-5(6)4-10-8(12)11-7;8-6-2-1-3-7(9)5(6)4-10;7-5-1-3-6(4-2-5)11(8,9)10;1-5(2,3)4/h1-8H,(H2,16,20,21)(H,17,18,19);1-4H;1-4H,(H,10,11,12);1-4H,9H2;1-4H,7H2,(H2,8,9,10);. The van der Waals surface area contributed by atoms with Crippen molar-refractivity contribution < 1.29 is 26.2 Å². The fourth-order valence-corrected chi connectivity index (χ4v) is 7.37. The number of carbonyl (C=O) groups excluding carboxylic acids is 1. The van der Waals surface area contributed by atoms with Crippen molar-refractivity contribution in [2.75, 3.05) is 16.8 Å². The van der Waals surface area contributed by atoms with Crippen molar-refractivity contribution in [2.45, 2.75) is 9.79 Å². The summed E-state index contributed by atoms with van der Waals surface area (Å²) in [5.41, 5.74) is 14.5. The van der Waals surface area contributed by atoms with E-state index in [4.69, 9.17) is 79.7 Å². The highest BCUT2D eigenvalue weighted by atomic mass is 36.0. The lowest BCUT2D eigenvalue weighted by molar-refractivity contribution is 0.112. The van der Waals surface area contributed by atoms with Crippen LogP contribution in [0, 0.1) is 0 Å². The number of hydrogen-bond acceptors (Lipinski definition) is 15. The Balaban J connectivity index is 0.000000197. The first kappa shape index (κ1) is 59.1. The first-order valence-electron chi connectivity index (χ1n) is 19.3. The number of primary sulfonamides is 2. The molecule has 0 atom stereocenters. The number of nitrogen functional groups attached to an aromatic ring is 2. The van der Waals surface area contributed by atoms with Crippen molar-refractivity contribution in [1.29, 1.82) is 0 Å². The minimum Gasteiger partial charge on any atom is -0.399 e. The molecule has 0 amide bonds. The molecule has 0 aliphatic carbocycles. The topological polar surface area (TPSA) is 316 Å². The van der Waals surface area contributed by atoms with Gasteiger partial charge in [-0.2, -0.15) is 0 Å². The highest BCUT2D eigenvalue weighted by Crippen LogP contribution is 2.61. The Bertz CT molecular complexity index is 3650. The quantitative estimate of drug-likeness (QED) is 0.0404. The molecule has 0 saturated carbocycles. The van der Waals surface area contributed by atoms with Crippen molar-refractivity contribution in [3.63, 3.8) is 0 Å². The van der Waals surface area contributed by atoms with E-state index in [0.29, 0.717) is 66.0 Å². The zero-order valence-corrected chi connectivity index (χ0v) is 44.6. The van der Waals surface area contributed by atoms with E-state index >= 15 is 0 Å². The fraction of sp³-hybridized carbons (Fsp3) is 0. The van der Waals surface area contributed by atoms with E-state index in [1.54, 1.807) is 73.1 Å². The van der Waals surface area contributed by atoms with Gasteiger partial charge in [-0.15, -0.1) is 0 Å². The van der Waals surface area contributed by atoms with Crippen LogP contribution >= 0.6 is 96.9 Å². The monoisotopic (exact) mass is 1190 g/mol. The number of fused-ring (bicyclic) bond motifs is 3. The summed E-state index contributed by atoms with van der Waals surface area (Å²) in [5, 5.41) is 14.5. The summed E-state index contributed by atoms with van der Waals surface area (Å²) in [7, 11) is -7.27. The highest BCUT2D eigenvalue weighted by Gasteiger charge is 2.09. The third-order valence-electron chi connectivity index (χ3n) is 8.57. The van der Waals surface area contributed by atoms with Crippen molar-refractivity contribution >= 4 is 179 Å². The largest absolute Gasteiger partial charge is 0.399 e. The van der Waals surface area contributed by atoms with Crippen LogP contribution < -0.4 is 32.8 Å². The summed E-state index contributed by atoms with van der Waals surface area (Å²) in [6, 6.07) is 32.9. The van der Waals surface area contributed by atoms with Gasteiger partial charge in [-0.1, -0.05) is 70.7 Å². The molecule has 10 N–H and O–H groups in total. The molecular formula is C43H34Cl8N11O7PS2. The number of nitrogens with zero attached hydrogens (tertiary/aromatic N) is 5. The van der Waals surface area contributed by atoms with Crippen LogP contribution in [0.15, 0.2) is 155 Å². The average molecular weight is 1200 g/mol. The number of hydrogen-bond donors (Lipinski definition) is 6. The minimum absolute atomic E-state index is 0.0456. The maximum Gasteiger partial charge on any atom is 0.345 e. The summed E-state index contributed by atoms with van der Waals surface area (Å²) in [5.74, 6) is 0.387. The van der Waals surface area contributed by atoms with Crippen LogP contribution in [0.3, 0.4) is 0 Å². The van der Waals surface area contributed by atoms with Gasteiger partial charge < -0.3 is 21.8 Å². The van der Waals surface area contributed by atoms with E-state index in [1.807, 2.05) is 24.3 Å². The summed E-state index contributed by atoms with van der Waals surface area (Å²) in [6.07, 6.45) is 5.37. The molecule has 72 heavy (non-hydrogen) atoms. The third-order valence-corrected chi connectivity index (χ3v) is 11.9. The summed E-state index contributed by atoms with van der Waals surface area (Å²) in [4.78, 5) is 43.7. The number of carbonyl (C=O) groups is 1. The molecule has 0 aliphatic heterocycles. The summed E-state index contributed by atoms with van der Waals surface area (Å²) < 4.78 is 53.3. The number of H-pyrrole nitrogens is 1. The number of aromatic nitrogens is 6. The Morgan fingerprint density at radius 3 is 1.51 bits per heavy atom. The van der Waals surface area contributed by atoms with Gasteiger partial charge in [0.25, 0.3) is 0 Å². The second-order valence-electron chi connectivity index (χ2n) is 13.6. The minimum atomic E-state index is -3.70. The Hall–Kier alpha value is -5.42. The molecule has 0 spiro atoms. The molecule has 0 aliphatic rings. The smallest absolute Gasteiger partial charge is 0.345 e. The van der Waals surface area contributed by atoms with Gasteiger partial charge in [0.15, 0.2) is 6.29 Å². The number of halogens is 8. The molecule has 9 rings (SSSR count). The first-order chi connectivity index (χ1) is 33.7. The van der Waals surface area contributed by atoms with Crippen LogP contribution in [0.5, 0.6) is 0 Å². The molecule has 29 heteroatoms. The van der Waals surface area contributed by atoms with Crippen LogP contribution in [0.2, 0.25) is 25.4 Å². The van der Waals surface area contributed by atoms with Crippen LogP contribution in [-0.2, 0) is 24.6 Å². The molecule has 9 aromatic rings. The van der Waals surface area contributed by atoms with Crippen LogP contribution in [0.4, 0.5) is 23.0 Å².